The van der Waals surface area contributed by atoms with E-state index in [0.717, 1.165) is 42.6 Å². The molecule has 0 N–H and O–H groups in total. The second-order valence-electron chi connectivity index (χ2n) is 7.47. The van der Waals surface area contributed by atoms with Gasteiger partial charge in [0.15, 0.2) is 0 Å². The summed E-state index contributed by atoms with van der Waals surface area (Å²) >= 11 is 0. The molecule has 0 atom stereocenters. The molecule has 0 saturated carbocycles. The summed E-state index contributed by atoms with van der Waals surface area (Å²) in [6, 6.07) is 14.7. The van der Waals surface area contributed by atoms with E-state index in [1.807, 2.05) is 23.1 Å². The Morgan fingerprint density at radius 3 is 2.65 bits per heavy atom. The number of aromatic nitrogens is 5. The van der Waals surface area contributed by atoms with Crippen molar-refractivity contribution in [1.82, 2.24) is 30.0 Å². The van der Waals surface area contributed by atoms with E-state index in [4.69, 9.17) is 9.78 Å². The zero-order valence-electron chi connectivity index (χ0n) is 16.7. The number of likely N-dealkylation sites (tertiary alicyclic amines) is 1. The van der Waals surface area contributed by atoms with E-state index >= 15 is 0 Å². The van der Waals surface area contributed by atoms with Gasteiger partial charge in [0.05, 0.1) is 23.7 Å². The van der Waals surface area contributed by atoms with Gasteiger partial charge in [-0.15, -0.1) is 5.10 Å². The van der Waals surface area contributed by atoms with E-state index in [1.165, 1.54) is 0 Å². The third-order valence-corrected chi connectivity index (χ3v) is 5.46. The fourth-order valence-corrected chi connectivity index (χ4v) is 3.75. The summed E-state index contributed by atoms with van der Waals surface area (Å²) in [7, 11) is 0. The highest BCUT2D eigenvalue weighted by Crippen LogP contribution is 2.25. The topological polar surface area (TPSA) is 114 Å². The lowest BCUT2D eigenvalue weighted by molar-refractivity contribution is -0.130. The molecule has 0 radical (unpaired) electrons. The molecule has 1 aliphatic rings. The Morgan fingerprint density at radius 1 is 1.10 bits per heavy atom. The Balaban J connectivity index is 1.33. The van der Waals surface area contributed by atoms with Crippen LogP contribution in [0.15, 0.2) is 47.0 Å². The van der Waals surface area contributed by atoms with Gasteiger partial charge < -0.3 is 9.42 Å². The number of benzene rings is 2. The first kappa shape index (κ1) is 18.9. The highest BCUT2D eigenvalue weighted by atomic mass is 16.5. The molecular weight excluding hydrogens is 394 g/mol. The number of hydrogen-bond donors (Lipinski definition) is 0. The van der Waals surface area contributed by atoms with Gasteiger partial charge in [-0.3, -0.25) is 4.79 Å². The molecule has 154 valence electrons. The van der Waals surface area contributed by atoms with Crippen molar-refractivity contribution in [2.45, 2.75) is 25.8 Å². The molecule has 9 heteroatoms. The average molecular weight is 413 g/mol. The Morgan fingerprint density at radius 2 is 1.87 bits per heavy atom. The summed E-state index contributed by atoms with van der Waals surface area (Å²) in [5.74, 6) is 0.989. The number of hydrogen-bond acceptors (Lipinski definition) is 7. The number of nitriles is 1. The molecule has 1 saturated heterocycles. The van der Waals surface area contributed by atoms with Crippen molar-refractivity contribution >= 4 is 16.9 Å². The fraction of sp³-hybridized carbons (Fsp3) is 0.273. The maximum atomic E-state index is 12.3. The molecule has 0 bridgehead atoms. The van der Waals surface area contributed by atoms with Crippen LogP contribution in [0.4, 0.5) is 0 Å². The lowest BCUT2D eigenvalue weighted by atomic mass is 10.1. The van der Waals surface area contributed by atoms with Gasteiger partial charge in [-0.1, -0.05) is 10.4 Å². The molecule has 5 rings (SSSR count). The van der Waals surface area contributed by atoms with Crippen LogP contribution in [0, 0.1) is 11.3 Å². The van der Waals surface area contributed by atoms with Gasteiger partial charge in [-0.2, -0.15) is 10.2 Å². The van der Waals surface area contributed by atoms with Crippen molar-refractivity contribution in [1.29, 1.82) is 5.26 Å². The van der Waals surface area contributed by atoms with E-state index in [2.05, 4.69) is 26.5 Å². The highest BCUT2D eigenvalue weighted by molar-refractivity contribution is 5.80. The molecular formula is C22H19N7O2. The van der Waals surface area contributed by atoms with Crippen molar-refractivity contribution < 1.29 is 9.32 Å². The molecule has 0 spiro atoms. The van der Waals surface area contributed by atoms with Crippen LogP contribution in [-0.4, -0.2) is 49.0 Å². The van der Waals surface area contributed by atoms with Crippen LogP contribution in [0.25, 0.3) is 33.9 Å². The lowest BCUT2D eigenvalue weighted by Gasteiger charge is -2.14. The second-order valence-corrected chi connectivity index (χ2v) is 7.47. The van der Waals surface area contributed by atoms with E-state index in [0.29, 0.717) is 35.8 Å². The molecule has 31 heavy (non-hydrogen) atoms. The standard InChI is InChI=1S/C22H19N7O2/c23-14-15-3-5-16(6-4-15)22-24-21(26-31-22)17-7-8-19-18(13-17)25-27-29(19)12-9-20(30)28-10-1-2-11-28/h3-8,13H,1-2,9-12H2. The molecule has 1 amide bonds. The monoisotopic (exact) mass is 413 g/mol. The molecule has 9 nitrogen and oxygen atoms in total. The molecule has 2 aromatic heterocycles. The van der Waals surface area contributed by atoms with Crippen LogP contribution in [-0.2, 0) is 11.3 Å². The third-order valence-electron chi connectivity index (χ3n) is 5.46. The van der Waals surface area contributed by atoms with Gasteiger partial charge in [0.2, 0.25) is 11.7 Å². The molecule has 4 aromatic rings. The number of carbonyl (C=O) groups is 1. The minimum absolute atomic E-state index is 0.167. The van der Waals surface area contributed by atoms with Crippen molar-refractivity contribution in [2.75, 3.05) is 13.1 Å². The van der Waals surface area contributed by atoms with Crippen molar-refractivity contribution in [3.05, 3.63) is 48.0 Å². The summed E-state index contributed by atoms with van der Waals surface area (Å²) in [4.78, 5) is 18.7. The van der Waals surface area contributed by atoms with Gasteiger partial charge in [-0.05, 0) is 55.3 Å². The third kappa shape index (κ3) is 3.75. The van der Waals surface area contributed by atoms with Gasteiger partial charge in [0.25, 0.3) is 5.89 Å². The highest BCUT2D eigenvalue weighted by Gasteiger charge is 2.18. The smallest absolute Gasteiger partial charge is 0.258 e. The van der Waals surface area contributed by atoms with Crippen LogP contribution in [0.2, 0.25) is 0 Å². The molecule has 0 aliphatic carbocycles. The zero-order chi connectivity index (χ0) is 21.2. The summed E-state index contributed by atoms with van der Waals surface area (Å²) < 4.78 is 7.14. The Hall–Kier alpha value is -4.06. The summed E-state index contributed by atoms with van der Waals surface area (Å²) in [6.45, 7) is 2.21. The van der Waals surface area contributed by atoms with Gasteiger partial charge in [0, 0.05) is 30.6 Å². The number of carbonyl (C=O) groups excluding carboxylic acids is 1. The van der Waals surface area contributed by atoms with Gasteiger partial charge >= 0.3 is 0 Å². The van der Waals surface area contributed by atoms with Crippen LogP contribution >= 0.6 is 0 Å². The predicted octanol–water partition coefficient (Wildman–Crippen LogP) is 3.03. The lowest BCUT2D eigenvalue weighted by Crippen LogP contribution is -2.28. The van der Waals surface area contributed by atoms with E-state index in [-0.39, 0.29) is 5.91 Å². The molecule has 2 aromatic carbocycles. The first-order valence-corrected chi connectivity index (χ1v) is 10.2. The predicted molar refractivity (Wildman–Crippen MR) is 111 cm³/mol. The molecule has 1 fully saturated rings. The van der Waals surface area contributed by atoms with Gasteiger partial charge in [-0.25, -0.2) is 4.68 Å². The fourth-order valence-electron chi connectivity index (χ4n) is 3.75. The van der Waals surface area contributed by atoms with Gasteiger partial charge in [0.1, 0.15) is 5.52 Å². The maximum absolute atomic E-state index is 12.3. The zero-order valence-corrected chi connectivity index (χ0v) is 16.7. The largest absolute Gasteiger partial charge is 0.343 e. The van der Waals surface area contributed by atoms with Crippen LogP contribution in [0.5, 0.6) is 0 Å². The van der Waals surface area contributed by atoms with Crippen molar-refractivity contribution in [3.63, 3.8) is 0 Å². The summed E-state index contributed by atoms with van der Waals surface area (Å²) in [6.07, 6.45) is 2.59. The van der Waals surface area contributed by atoms with Crippen molar-refractivity contribution in [3.8, 4) is 28.9 Å². The van der Waals surface area contributed by atoms with E-state index < -0.39 is 0 Å². The Labute approximate surface area is 177 Å². The summed E-state index contributed by atoms with van der Waals surface area (Å²) in [5, 5.41) is 21.4. The Kier molecular flexibility index (Phi) is 4.88. The van der Waals surface area contributed by atoms with Crippen molar-refractivity contribution in [2.24, 2.45) is 0 Å². The average Bonchev–Trinajstić information content (AvgIpc) is 3.58. The number of nitrogens with zero attached hydrogens (tertiary/aromatic N) is 7. The first-order chi connectivity index (χ1) is 15.2. The molecule has 0 unspecified atom stereocenters. The number of aryl methyl sites for hydroxylation is 1. The number of rotatable bonds is 5. The normalized spacial score (nSPS) is 13.6. The van der Waals surface area contributed by atoms with E-state index in [9.17, 15) is 4.79 Å². The summed E-state index contributed by atoms with van der Waals surface area (Å²) in [5.41, 5.74) is 3.63. The Bertz CT molecular complexity index is 1280. The SMILES string of the molecule is N#Cc1ccc(-c2nc(-c3ccc4c(c3)nnn4CCC(=O)N3CCCC3)no2)cc1. The quantitative estimate of drug-likeness (QED) is 0.494. The second kappa shape index (κ2) is 7.99. The van der Waals surface area contributed by atoms with Crippen LogP contribution in [0.1, 0.15) is 24.8 Å². The number of fused-ring (bicyclic) bond motifs is 1. The number of amides is 1. The minimum Gasteiger partial charge on any atom is -0.343 e. The van der Waals surface area contributed by atoms with Crippen LogP contribution < -0.4 is 0 Å². The first-order valence-electron chi connectivity index (χ1n) is 10.2. The molecule has 3 heterocycles. The minimum atomic E-state index is 0.167. The van der Waals surface area contributed by atoms with E-state index in [1.54, 1.807) is 28.9 Å². The van der Waals surface area contributed by atoms with Crippen LogP contribution in [0.3, 0.4) is 0 Å². The maximum Gasteiger partial charge on any atom is 0.258 e. The molecule has 1 aliphatic heterocycles.